The van der Waals surface area contributed by atoms with Crippen molar-refractivity contribution in [2.45, 2.75) is 51.7 Å². The van der Waals surface area contributed by atoms with E-state index in [2.05, 4.69) is 23.8 Å². The largest absolute Gasteiger partial charge is 0.383 e. The van der Waals surface area contributed by atoms with Crippen molar-refractivity contribution < 1.29 is 19.8 Å². The van der Waals surface area contributed by atoms with Crippen molar-refractivity contribution in [3.63, 3.8) is 0 Å². The van der Waals surface area contributed by atoms with Crippen LogP contribution in [0.5, 0.6) is 0 Å². The van der Waals surface area contributed by atoms with E-state index in [0.29, 0.717) is 11.4 Å². The molecule has 0 aliphatic heterocycles. The van der Waals surface area contributed by atoms with Crippen LogP contribution in [0.3, 0.4) is 0 Å². The molecule has 0 fully saturated rings. The second-order valence-corrected chi connectivity index (χ2v) is 7.98. The number of carbonyl (C=O) groups is 2. The summed E-state index contributed by atoms with van der Waals surface area (Å²) in [4.78, 5) is 23.6. The van der Waals surface area contributed by atoms with Gasteiger partial charge in [0.2, 0.25) is 0 Å². The van der Waals surface area contributed by atoms with E-state index in [9.17, 15) is 19.8 Å². The summed E-state index contributed by atoms with van der Waals surface area (Å²) in [6.45, 7) is 11.3. The van der Waals surface area contributed by atoms with Gasteiger partial charge in [-0.1, -0.05) is 75.2 Å². The van der Waals surface area contributed by atoms with Crippen molar-refractivity contribution in [3.05, 3.63) is 86.0 Å². The smallest absolute Gasteiger partial charge is 0.253 e. The van der Waals surface area contributed by atoms with Crippen molar-refractivity contribution in [2.24, 2.45) is 11.8 Å². The van der Waals surface area contributed by atoms with E-state index in [1.54, 1.807) is 36.4 Å². The molecule has 0 aliphatic carbocycles. The van der Waals surface area contributed by atoms with Gasteiger partial charge in [0, 0.05) is 23.2 Å². The number of aliphatic hydroxyl groups is 2. The van der Waals surface area contributed by atoms with Gasteiger partial charge < -0.3 is 20.8 Å². The van der Waals surface area contributed by atoms with Crippen LogP contribution in [0.25, 0.3) is 0 Å². The first-order chi connectivity index (χ1) is 16.4. The summed E-state index contributed by atoms with van der Waals surface area (Å²) in [6.07, 6.45) is 4.54. The molecule has 0 aliphatic rings. The molecule has 34 heavy (non-hydrogen) atoms. The first-order valence-electron chi connectivity index (χ1n) is 11.7. The van der Waals surface area contributed by atoms with Gasteiger partial charge in [-0.2, -0.15) is 0 Å². The molecule has 0 bridgehead atoms. The predicted octanol–water partition coefficient (Wildman–Crippen LogP) is 5.18. The fourth-order valence-corrected chi connectivity index (χ4v) is 3.34. The number of amides is 2. The Labute approximate surface area is 203 Å². The Hall–Kier alpha value is -3.22. The molecular weight excluding hydrogens is 428 g/mol. The molecule has 0 aromatic heterocycles. The highest BCUT2D eigenvalue weighted by Gasteiger charge is 2.23. The van der Waals surface area contributed by atoms with Crippen LogP contribution in [0, 0.1) is 11.8 Å². The molecule has 0 saturated heterocycles. The zero-order chi connectivity index (χ0) is 25.3. The fourth-order valence-electron chi connectivity index (χ4n) is 3.34. The van der Waals surface area contributed by atoms with Crippen molar-refractivity contribution in [1.82, 2.24) is 0 Å². The Balaban J connectivity index is 0.000000340. The molecule has 0 unspecified atom stereocenters. The maximum atomic E-state index is 11.8. The van der Waals surface area contributed by atoms with E-state index in [1.165, 1.54) is 0 Å². The second-order valence-electron chi connectivity index (χ2n) is 7.98. The maximum Gasteiger partial charge on any atom is 0.253 e. The molecule has 2 amide bonds. The van der Waals surface area contributed by atoms with E-state index in [0.717, 1.165) is 25.7 Å². The topological polar surface area (TPSA) is 98.7 Å². The lowest BCUT2D eigenvalue weighted by atomic mass is 9.96. The summed E-state index contributed by atoms with van der Waals surface area (Å²) in [7, 11) is 0. The van der Waals surface area contributed by atoms with Crippen LogP contribution < -0.4 is 10.6 Å². The third-order valence-corrected chi connectivity index (χ3v) is 5.28. The molecule has 184 valence electrons. The highest BCUT2D eigenvalue weighted by molar-refractivity contribution is 5.94. The average Bonchev–Trinajstić information content (AvgIpc) is 2.86. The third kappa shape index (κ3) is 10.1. The van der Waals surface area contributed by atoms with Gasteiger partial charge in [-0.25, -0.2) is 0 Å². The standard InChI is InChI=1S/2C14H19NO2/c2*1-3-8-11(4-2)13(16)14(17)15-12-9-6-5-7-10-12/h2*4-7,9-11,13,16H,2-3,8H2,1H3,(H,15,17)/t2*11-,13+/m11/s1. The zero-order valence-corrected chi connectivity index (χ0v) is 20.2. The van der Waals surface area contributed by atoms with Gasteiger partial charge >= 0.3 is 0 Å². The van der Waals surface area contributed by atoms with Gasteiger partial charge in [0.1, 0.15) is 12.2 Å². The molecule has 2 aromatic rings. The molecule has 4 N–H and O–H groups in total. The monoisotopic (exact) mass is 466 g/mol. The van der Waals surface area contributed by atoms with Gasteiger partial charge in [-0.15, -0.1) is 13.2 Å². The molecule has 6 nitrogen and oxygen atoms in total. The number of carbonyl (C=O) groups excluding carboxylic acids is 2. The maximum absolute atomic E-state index is 11.8. The van der Waals surface area contributed by atoms with E-state index in [4.69, 9.17) is 0 Å². The summed E-state index contributed by atoms with van der Waals surface area (Å²) < 4.78 is 0. The molecule has 6 heteroatoms. The minimum Gasteiger partial charge on any atom is -0.383 e. The summed E-state index contributed by atoms with van der Waals surface area (Å²) in [5.41, 5.74) is 1.38. The molecule has 0 spiro atoms. The fraction of sp³-hybridized carbons (Fsp3) is 0.357. The van der Waals surface area contributed by atoms with E-state index in [-0.39, 0.29) is 23.7 Å². The Morgan fingerprint density at radius 3 is 1.32 bits per heavy atom. The summed E-state index contributed by atoms with van der Waals surface area (Å²) >= 11 is 0. The number of rotatable bonds is 12. The van der Waals surface area contributed by atoms with E-state index >= 15 is 0 Å². The quantitative estimate of drug-likeness (QED) is 0.324. The molecule has 2 aromatic carbocycles. The molecular formula is C28H38N2O4. The molecule has 0 radical (unpaired) electrons. The summed E-state index contributed by atoms with van der Waals surface area (Å²) in [5.74, 6) is -1.14. The second kappa shape index (κ2) is 16.4. The number of aliphatic hydroxyl groups excluding tert-OH is 2. The Morgan fingerprint density at radius 1 is 0.735 bits per heavy atom. The number of hydrogen-bond acceptors (Lipinski definition) is 4. The minimum absolute atomic E-state index is 0.191. The van der Waals surface area contributed by atoms with Crippen LogP contribution in [-0.2, 0) is 9.59 Å². The highest BCUT2D eigenvalue weighted by Crippen LogP contribution is 2.16. The zero-order valence-electron chi connectivity index (χ0n) is 20.2. The Morgan fingerprint density at radius 2 is 1.06 bits per heavy atom. The lowest BCUT2D eigenvalue weighted by Gasteiger charge is -2.18. The van der Waals surface area contributed by atoms with Gasteiger partial charge in [-0.05, 0) is 37.1 Å². The van der Waals surface area contributed by atoms with Gasteiger partial charge in [0.05, 0.1) is 0 Å². The molecule has 2 rings (SSSR count). The van der Waals surface area contributed by atoms with Crippen LogP contribution in [0.1, 0.15) is 39.5 Å². The summed E-state index contributed by atoms with van der Waals surface area (Å²) in [5, 5.41) is 25.1. The third-order valence-electron chi connectivity index (χ3n) is 5.28. The van der Waals surface area contributed by atoms with Crippen LogP contribution in [0.4, 0.5) is 11.4 Å². The van der Waals surface area contributed by atoms with Crippen molar-refractivity contribution >= 4 is 23.2 Å². The molecule has 4 atom stereocenters. The normalized spacial score (nSPS) is 13.8. The van der Waals surface area contributed by atoms with Crippen LogP contribution >= 0.6 is 0 Å². The average molecular weight is 467 g/mol. The predicted molar refractivity (Wildman–Crippen MR) is 139 cm³/mol. The lowest BCUT2D eigenvalue weighted by Crippen LogP contribution is -2.33. The van der Waals surface area contributed by atoms with Crippen molar-refractivity contribution in [1.29, 1.82) is 0 Å². The minimum atomic E-state index is -1.03. The van der Waals surface area contributed by atoms with Crippen molar-refractivity contribution in [2.75, 3.05) is 10.6 Å². The van der Waals surface area contributed by atoms with Crippen LogP contribution in [0.2, 0.25) is 0 Å². The Bertz CT molecular complexity index is 797. The van der Waals surface area contributed by atoms with Crippen molar-refractivity contribution in [3.8, 4) is 0 Å². The first-order valence-corrected chi connectivity index (χ1v) is 11.7. The van der Waals surface area contributed by atoms with Crippen LogP contribution in [0.15, 0.2) is 86.0 Å². The van der Waals surface area contributed by atoms with E-state index in [1.807, 2.05) is 50.2 Å². The van der Waals surface area contributed by atoms with E-state index < -0.39 is 12.2 Å². The van der Waals surface area contributed by atoms with Gasteiger partial charge in [0.25, 0.3) is 11.8 Å². The van der Waals surface area contributed by atoms with Gasteiger partial charge in [0.15, 0.2) is 0 Å². The molecule has 0 saturated carbocycles. The number of hydrogen-bond donors (Lipinski definition) is 4. The lowest BCUT2D eigenvalue weighted by molar-refractivity contribution is -0.126. The van der Waals surface area contributed by atoms with Gasteiger partial charge in [-0.3, -0.25) is 9.59 Å². The first kappa shape index (κ1) is 28.8. The summed E-state index contributed by atoms with van der Waals surface area (Å²) in [6, 6.07) is 18.2. The number of para-hydroxylation sites is 2. The molecule has 0 heterocycles. The number of anilines is 2. The number of nitrogens with one attached hydrogen (secondary N) is 2. The SMILES string of the molecule is C=C[C@H](CCC)[C@H](O)C(=O)Nc1ccccc1.C=C[C@H](CCC)[C@H](O)C(=O)Nc1ccccc1. The highest BCUT2D eigenvalue weighted by atomic mass is 16.3. The van der Waals surface area contributed by atoms with Crippen LogP contribution in [-0.4, -0.2) is 34.2 Å². The number of benzene rings is 2. The Kier molecular flexibility index (Phi) is 13.9.